The van der Waals surface area contributed by atoms with E-state index in [0.717, 1.165) is 21.8 Å². The molecule has 0 aliphatic rings. The second-order valence-electron chi connectivity index (χ2n) is 4.33. The number of carbonyl (C=O) groups excluding carboxylic acids is 1. The highest BCUT2D eigenvalue weighted by molar-refractivity contribution is 7.99. The van der Waals surface area contributed by atoms with E-state index in [1.807, 2.05) is 48.5 Å². The van der Waals surface area contributed by atoms with Crippen molar-refractivity contribution in [2.24, 2.45) is 0 Å². The van der Waals surface area contributed by atoms with Gasteiger partial charge in [0, 0.05) is 9.79 Å². The molecule has 0 spiro atoms. The average molecular weight is 369 g/mol. The third-order valence-corrected chi connectivity index (χ3v) is 4.01. The standard InChI is InChI=1S/C17H14Cl2O3S/c18-17(19)9-11-21-13-1-5-15(6-2-13)23-16-7-3-14(4-8-16)22-12-10-20/h1-10H,11-12H2. The first-order valence-electron chi connectivity index (χ1n) is 6.76. The number of rotatable bonds is 8. The maximum atomic E-state index is 10.3. The Morgan fingerprint density at radius 1 is 0.870 bits per heavy atom. The van der Waals surface area contributed by atoms with E-state index in [1.165, 1.54) is 0 Å². The van der Waals surface area contributed by atoms with Gasteiger partial charge in [0.25, 0.3) is 0 Å². The van der Waals surface area contributed by atoms with Gasteiger partial charge in [0.05, 0.1) is 0 Å². The summed E-state index contributed by atoms with van der Waals surface area (Å²) in [7, 11) is 0. The van der Waals surface area contributed by atoms with E-state index in [9.17, 15) is 4.79 Å². The largest absolute Gasteiger partial charge is 0.489 e. The van der Waals surface area contributed by atoms with Gasteiger partial charge in [0.15, 0.2) is 6.29 Å². The van der Waals surface area contributed by atoms with Crippen molar-refractivity contribution in [2.75, 3.05) is 13.2 Å². The van der Waals surface area contributed by atoms with Crippen LogP contribution >= 0.6 is 35.0 Å². The van der Waals surface area contributed by atoms with Gasteiger partial charge in [0.2, 0.25) is 0 Å². The fourth-order valence-corrected chi connectivity index (χ4v) is 2.62. The number of benzene rings is 2. The summed E-state index contributed by atoms with van der Waals surface area (Å²) in [4.78, 5) is 12.4. The van der Waals surface area contributed by atoms with Gasteiger partial charge in [-0.1, -0.05) is 35.0 Å². The van der Waals surface area contributed by atoms with Gasteiger partial charge in [-0.05, 0) is 54.6 Å². The molecule has 6 heteroatoms. The van der Waals surface area contributed by atoms with Gasteiger partial charge in [0.1, 0.15) is 29.2 Å². The Balaban J connectivity index is 1.90. The maximum absolute atomic E-state index is 10.3. The zero-order valence-electron chi connectivity index (χ0n) is 12.1. The van der Waals surface area contributed by atoms with Crippen LogP contribution in [0.4, 0.5) is 0 Å². The molecule has 0 fully saturated rings. The van der Waals surface area contributed by atoms with Crippen molar-refractivity contribution in [1.29, 1.82) is 0 Å². The molecule has 3 nitrogen and oxygen atoms in total. The molecule has 120 valence electrons. The minimum atomic E-state index is 0.0675. The highest BCUT2D eigenvalue weighted by Crippen LogP contribution is 2.30. The summed E-state index contributed by atoms with van der Waals surface area (Å²) in [5.74, 6) is 1.42. The molecular weight excluding hydrogens is 355 g/mol. The molecule has 0 N–H and O–H groups in total. The molecule has 0 aliphatic heterocycles. The predicted octanol–water partition coefficient (Wildman–Crippen LogP) is 5.11. The molecule has 0 bridgehead atoms. The first-order valence-corrected chi connectivity index (χ1v) is 8.33. The Labute approximate surface area is 149 Å². The normalized spacial score (nSPS) is 10.0. The molecule has 2 rings (SSSR count). The van der Waals surface area contributed by atoms with Crippen molar-refractivity contribution in [3.63, 3.8) is 0 Å². The lowest BCUT2D eigenvalue weighted by molar-refractivity contribution is -0.109. The molecule has 0 heterocycles. The summed E-state index contributed by atoms with van der Waals surface area (Å²) in [6, 6.07) is 15.3. The molecule has 2 aromatic rings. The van der Waals surface area contributed by atoms with E-state index in [-0.39, 0.29) is 11.1 Å². The number of ether oxygens (including phenoxy) is 2. The summed E-state index contributed by atoms with van der Waals surface area (Å²) in [5, 5.41) is 0. The van der Waals surface area contributed by atoms with Crippen LogP contribution in [0.2, 0.25) is 0 Å². The molecule has 0 saturated carbocycles. The first kappa shape index (κ1) is 17.7. The number of hydrogen-bond acceptors (Lipinski definition) is 4. The summed E-state index contributed by atoms with van der Waals surface area (Å²) < 4.78 is 10.9. The fraction of sp³-hybridized carbons (Fsp3) is 0.118. The third-order valence-electron chi connectivity index (χ3n) is 2.69. The van der Waals surface area contributed by atoms with Crippen LogP contribution in [0, 0.1) is 0 Å². The number of halogens is 2. The fourth-order valence-electron chi connectivity index (χ4n) is 1.68. The molecule has 0 atom stereocenters. The van der Waals surface area contributed by atoms with Crippen LogP contribution in [0.3, 0.4) is 0 Å². The summed E-state index contributed by atoms with van der Waals surface area (Å²) in [5.41, 5.74) is 0. The van der Waals surface area contributed by atoms with E-state index in [0.29, 0.717) is 12.4 Å². The van der Waals surface area contributed by atoms with Gasteiger partial charge in [-0.3, -0.25) is 4.79 Å². The van der Waals surface area contributed by atoms with E-state index >= 15 is 0 Å². The van der Waals surface area contributed by atoms with E-state index < -0.39 is 0 Å². The van der Waals surface area contributed by atoms with Gasteiger partial charge >= 0.3 is 0 Å². The SMILES string of the molecule is O=CCOc1ccc(Sc2ccc(OCC=C(Cl)Cl)cc2)cc1. The lowest BCUT2D eigenvalue weighted by atomic mass is 10.3. The zero-order valence-corrected chi connectivity index (χ0v) is 14.4. The minimum Gasteiger partial charge on any atom is -0.489 e. The van der Waals surface area contributed by atoms with Gasteiger partial charge in [-0.2, -0.15) is 0 Å². The Kier molecular flexibility index (Phi) is 7.33. The highest BCUT2D eigenvalue weighted by atomic mass is 35.5. The van der Waals surface area contributed by atoms with Crippen molar-refractivity contribution in [3.8, 4) is 11.5 Å². The number of carbonyl (C=O) groups is 1. The maximum Gasteiger partial charge on any atom is 0.157 e. The predicted molar refractivity (Wildman–Crippen MR) is 93.9 cm³/mol. The zero-order chi connectivity index (χ0) is 16.5. The number of aldehydes is 1. The monoisotopic (exact) mass is 368 g/mol. The smallest absolute Gasteiger partial charge is 0.157 e. The second kappa shape index (κ2) is 9.50. The Morgan fingerprint density at radius 3 is 1.78 bits per heavy atom. The lowest BCUT2D eigenvalue weighted by Crippen LogP contribution is -1.96. The summed E-state index contributed by atoms with van der Waals surface area (Å²) in [6.45, 7) is 0.398. The summed E-state index contributed by atoms with van der Waals surface area (Å²) >= 11 is 12.7. The molecule has 0 amide bonds. The van der Waals surface area contributed by atoms with Crippen molar-refractivity contribution >= 4 is 41.2 Å². The summed E-state index contributed by atoms with van der Waals surface area (Å²) in [6.07, 6.45) is 2.31. The minimum absolute atomic E-state index is 0.0675. The van der Waals surface area contributed by atoms with Crippen LogP contribution in [0.5, 0.6) is 11.5 Å². The van der Waals surface area contributed by atoms with Crippen molar-refractivity contribution in [1.82, 2.24) is 0 Å². The quantitative estimate of drug-likeness (QED) is 0.606. The molecule has 0 saturated heterocycles. The Bertz CT molecular complexity index is 651. The van der Waals surface area contributed by atoms with E-state index in [2.05, 4.69) is 0 Å². The molecule has 0 radical (unpaired) electrons. The van der Waals surface area contributed by atoms with Crippen molar-refractivity contribution < 1.29 is 14.3 Å². The van der Waals surface area contributed by atoms with Gasteiger partial charge in [-0.15, -0.1) is 0 Å². The topological polar surface area (TPSA) is 35.5 Å². The molecule has 23 heavy (non-hydrogen) atoms. The van der Waals surface area contributed by atoms with Crippen LogP contribution in [0.1, 0.15) is 0 Å². The van der Waals surface area contributed by atoms with Crippen LogP contribution < -0.4 is 9.47 Å². The highest BCUT2D eigenvalue weighted by Gasteiger charge is 2.00. The lowest BCUT2D eigenvalue weighted by Gasteiger charge is -2.06. The van der Waals surface area contributed by atoms with Crippen molar-refractivity contribution in [3.05, 3.63) is 59.1 Å². The van der Waals surface area contributed by atoms with E-state index in [4.69, 9.17) is 32.7 Å². The third kappa shape index (κ3) is 6.57. The van der Waals surface area contributed by atoms with Crippen LogP contribution in [0.15, 0.2) is 68.9 Å². The van der Waals surface area contributed by atoms with Gasteiger partial charge < -0.3 is 9.47 Å². The molecule has 2 aromatic carbocycles. The Morgan fingerprint density at radius 2 is 1.35 bits per heavy atom. The van der Waals surface area contributed by atoms with Crippen LogP contribution in [-0.4, -0.2) is 19.5 Å². The Hall–Kier alpha value is -1.62. The molecule has 0 aromatic heterocycles. The number of hydrogen-bond donors (Lipinski definition) is 0. The van der Waals surface area contributed by atoms with Gasteiger partial charge in [-0.25, -0.2) is 0 Å². The molecule has 0 aliphatic carbocycles. The average Bonchev–Trinajstić information content (AvgIpc) is 2.55. The molecular formula is C17H14Cl2O3S. The molecule has 0 unspecified atom stereocenters. The van der Waals surface area contributed by atoms with E-state index in [1.54, 1.807) is 17.8 Å². The van der Waals surface area contributed by atoms with Crippen molar-refractivity contribution in [2.45, 2.75) is 9.79 Å². The first-order chi connectivity index (χ1) is 11.2. The van der Waals surface area contributed by atoms with Crippen LogP contribution in [0.25, 0.3) is 0 Å². The van der Waals surface area contributed by atoms with Crippen LogP contribution in [-0.2, 0) is 4.79 Å². The second-order valence-corrected chi connectivity index (χ2v) is 6.48.